The summed E-state index contributed by atoms with van der Waals surface area (Å²) in [6.07, 6.45) is 2.41. The summed E-state index contributed by atoms with van der Waals surface area (Å²) in [7, 11) is 0. The van der Waals surface area contributed by atoms with Gasteiger partial charge in [0.15, 0.2) is 0 Å². The Hall–Kier alpha value is -2.27. The van der Waals surface area contributed by atoms with Gasteiger partial charge in [-0.1, -0.05) is 13.0 Å². The molecule has 0 saturated heterocycles. The monoisotopic (exact) mass is 272 g/mol. The molecule has 1 heterocycles. The zero-order valence-electron chi connectivity index (χ0n) is 11.2. The molecule has 0 radical (unpaired) electrons. The number of nitrogens with zero attached hydrogens (tertiary/aromatic N) is 2. The number of nitro groups is 1. The van der Waals surface area contributed by atoms with Crippen LogP contribution in [-0.4, -0.2) is 15.0 Å². The summed E-state index contributed by atoms with van der Waals surface area (Å²) in [5.41, 5.74) is 2.62. The Bertz CT molecular complexity index is 579. The van der Waals surface area contributed by atoms with Crippen LogP contribution in [0.25, 0.3) is 0 Å². The summed E-state index contributed by atoms with van der Waals surface area (Å²) in [5, 5.41) is 20.7. The zero-order valence-corrected chi connectivity index (χ0v) is 11.2. The minimum Gasteiger partial charge on any atom is -0.388 e. The average molecular weight is 272 g/mol. The Morgan fingerprint density at radius 1 is 1.25 bits per heavy atom. The normalized spacial score (nSPS) is 12.1. The number of nitro benzene ring substituents is 1. The summed E-state index contributed by atoms with van der Waals surface area (Å²) < 4.78 is 0. The van der Waals surface area contributed by atoms with E-state index in [0.717, 1.165) is 17.7 Å². The number of hydrogen-bond acceptors (Lipinski definition) is 4. The molecule has 0 fully saturated rings. The Labute approximate surface area is 117 Å². The van der Waals surface area contributed by atoms with Crippen LogP contribution in [0.2, 0.25) is 0 Å². The lowest BCUT2D eigenvalue weighted by Gasteiger charge is -2.10. The number of aliphatic hydroxyl groups excluding tert-OH is 1. The Morgan fingerprint density at radius 3 is 2.45 bits per heavy atom. The predicted molar refractivity (Wildman–Crippen MR) is 75.4 cm³/mol. The molecular formula is C15H16N2O3. The molecule has 0 bridgehead atoms. The molecular weight excluding hydrogens is 256 g/mol. The van der Waals surface area contributed by atoms with Gasteiger partial charge in [0.1, 0.15) is 0 Å². The van der Waals surface area contributed by atoms with E-state index in [1.807, 2.05) is 12.1 Å². The van der Waals surface area contributed by atoms with Gasteiger partial charge in [-0.05, 0) is 35.7 Å². The number of hydrogen-bond donors (Lipinski definition) is 1. The molecule has 0 spiro atoms. The predicted octanol–water partition coefficient (Wildman–Crippen LogP) is 2.83. The van der Waals surface area contributed by atoms with Crippen LogP contribution in [0.4, 0.5) is 5.69 Å². The second-order valence-electron chi connectivity index (χ2n) is 4.58. The first-order valence-corrected chi connectivity index (χ1v) is 6.46. The molecule has 1 atom stereocenters. The van der Waals surface area contributed by atoms with E-state index >= 15 is 0 Å². The minimum absolute atomic E-state index is 0.0198. The highest BCUT2D eigenvalue weighted by atomic mass is 16.6. The first-order chi connectivity index (χ1) is 9.60. The zero-order chi connectivity index (χ0) is 14.5. The largest absolute Gasteiger partial charge is 0.388 e. The molecule has 5 nitrogen and oxygen atoms in total. The van der Waals surface area contributed by atoms with E-state index in [-0.39, 0.29) is 5.69 Å². The lowest BCUT2D eigenvalue weighted by molar-refractivity contribution is -0.384. The number of aliphatic hydroxyl groups is 1. The molecule has 20 heavy (non-hydrogen) atoms. The minimum atomic E-state index is -0.712. The summed E-state index contributed by atoms with van der Waals surface area (Å²) in [6, 6.07) is 9.82. The summed E-state index contributed by atoms with van der Waals surface area (Å²) in [4.78, 5) is 14.4. The molecule has 0 saturated carbocycles. The number of aryl methyl sites for hydroxylation is 1. The van der Waals surface area contributed by atoms with Crippen molar-refractivity contribution in [2.45, 2.75) is 25.9 Å². The van der Waals surface area contributed by atoms with E-state index in [1.165, 1.54) is 12.1 Å². The SMILES string of the molecule is CCc1ccc(CC(O)c2ccc([N+](=O)[O-])cc2)nc1. The van der Waals surface area contributed by atoms with Gasteiger partial charge in [0.05, 0.1) is 11.0 Å². The number of rotatable bonds is 5. The number of pyridine rings is 1. The standard InChI is InChI=1S/C15H16N2O3/c1-2-11-3-6-13(16-10-11)9-15(18)12-4-7-14(8-5-12)17(19)20/h3-8,10,15,18H,2,9H2,1H3. The van der Waals surface area contributed by atoms with Crippen LogP contribution >= 0.6 is 0 Å². The molecule has 2 rings (SSSR count). The highest BCUT2D eigenvalue weighted by Crippen LogP contribution is 2.20. The second-order valence-corrected chi connectivity index (χ2v) is 4.58. The molecule has 2 aromatic rings. The quantitative estimate of drug-likeness (QED) is 0.670. The lowest BCUT2D eigenvalue weighted by Crippen LogP contribution is -2.03. The molecule has 0 aliphatic carbocycles. The molecule has 0 aliphatic heterocycles. The van der Waals surface area contributed by atoms with E-state index in [9.17, 15) is 15.2 Å². The molecule has 0 amide bonds. The average Bonchev–Trinajstić information content (AvgIpc) is 2.48. The Kier molecular flexibility index (Phi) is 4.42. The van der Waals surface area contributed by atoms with Crippen molar-refractivity contribution in [2.24, 2.45) is 0 Å². The van der Waals surface area contributed by atoms with E-state index in [1.54, 1.807) is 18.3 Å². The van der Waals surface area contributed by atoms with E-state index in [2.05, 4.69) is 11.9 Å². The summed E-state index contributed by atoms with van der Waals surface area (Å²) in [5.74, 6) is 0. The maximum Gasteiger partial charge on any atom is 0.269 e. The highest BCUT2D eigenvalue weighted by Gasteiger charge is 2.11. The van der Waals surface area contributed by atoms with Crippen LogP contribution < -0.4 is 0 Å². The van der Waals surface area contributed by atoms with Gasteiger partial charge in [0.25, 0.3) is 5.69 Å². The van der Waals surface area contributed by atoms with Gasteiger partial charge in [-0.25, -0.2) is 0 Å². The molecule has 104 valence electrons. The maximum absolute atomic E-state index is 10.6. The molecule has 5 heteroatoms. The number of non-ortho nitro benzene ring substituents is 1. The van der Waals surface area contributed by atoms with Gasteiger partial charge in [-0.3, -0.25) is 15.1 Å². The van der Waals surface area contributed by atoms with Crippen molar-refractivity contribution in [1.82, 2.24) is 4.98 Å². The van der Waals surface area contributed by atoms with E-state index in [0.29, 0.717) is 12.0 Å². The molecule has 0 aliphatic rings. The molecule has 1 unspecified atom stereocenters. The van der Waals surface area contributed by atoms with Crippen molar-refractivity contribution < 1.29 is 10.0 Å². The second kappa shape index (κ2) is 6.25. The van der Waals surface area contributed by atoms with Gasteiger partial charge in [0, 0.05) is 30.4 Å². The number of benzene rings is 1. The van der Waals surface area contributed by atoms with Gasteiger partial charge in [0.2, 0.25) is 0 Å². The summed E-state index contributed by atoms with van der Waals surface area (Å²) in [6.45, 7) is 2.06. The highest BCUT2D eigenvalue weighted by molar-refractivity contribution is 5.34. The number of aromatic nitrogens is 1. The first-order valence-electron chi connectivity index (χ1n) is 6.46. The van der Waals surface area contributed by atoms with Crippen LogP contribution in [0.15, 0.2) is 42.6 Å². The van der Waals surface area contributed by atoms with E-state index < -0.39 is 11.0 Å². The first kappa shape index (κ1) is 14.1. The Balaban J connectivity index is 2.06. The molecule has 1 aromatic heterocycles. The van der Waals surface area contributed by atoms with Crippen LogP contribution in [0.3, 0.4) is 0 Å². The van der Waals surface area contributed by atoms with Crippen molar-refractivity contribution in [2.75, 3.05) is 0 Å². The van der Waals surface area contributed by atoms with Gasteiger partial charge in [-0.15, -0.1) is 0 Å². The topological polar surface area (TPSA) is 76.3 Å². The third-order valence-corrected chi connectivity index (χ3v) is 3.19. The fraction of sp³-hybridized carbons (Fsp3) is 0.267. The van der Waals surface area contributed by atoms with Crippen LogP contribution in [0.5, 0.6) is 0 Å². The maximum atomic E-state index is 10.6. The molecule has 1 aromatic carbocycles. The van der Waals surface area contributed by atoms with Crippen LogP contribution in [0.1, 0.15) is 29.8 Å². The van der Waals surface area contributed by atoms with Gasteiger partial charge < -0.3 is 5.11 Å². The Morgan fingerprint density at radius 2 is 1.95 bits per heavy atom. The fourth-order valence-electron chi connectivity index (χ4n) is 1.92. The van der Waals surface area contributed by atoms with Crippen molar-refractivity contribution in [3.8, 4) is 0 Å². The van der Waals surface area contributed by atoms with E-state index in [4.69, 9.17) is 0 Å². The van der Waals surface area contributed by atoms with Crippen LogP contribution in [-0.2, 0) is 12.8 Å². The summed E-state index contributed by atoms with van der Waals surface area (Å²) >= 11 is 0. The third kappa shape index (κ3) is 3.39. The van der Waals surface area contributed by atoms with Gasteiger partial charge >= 0.3 is 0 Å². The smallest absolute Gasteiger partial charge is 0.269 e. The van der Waals surface area contributed by atoms with Gasteiger partial charge in [-0.2, -0.15) is 0 Å². The molecule has 1 N–H and O–H groups in total. The van der Waals surface area contributed by atoms with Crippen molar-refractivity contribution in [3.63, 3.8) is 0 Å². The lowest BCUT2D eigenvalue weighted by atomic mass is 10.0. The van der Waals surface area contributed by atoms with Crippen molar-refractivity contribution in [3.05, 3.63) is 69.5 Å². The van der Waals surface area contributed by atoms with Crippen molar-refractivity contribution in [1.29, 1.82) is 0 Å². The fourth-order valence-corrected chi connectivity index (χ4v) is 1.92. The van der Waals surface area contributed by atoms with Crippen LogP contribution in [0, 0.1) is 10.1 Å². The van der Waals surface area contributed by atoms with Crippen molar-refractivity contribution >= 4 is 5.69 Å². The third-order valence-electron chi connectivity index (χ3n) is 3.19.